The standard InChI is InChI=1S/C50H37N3O/c1-34-20-23-39(24-21-34)43-18-11-19-44(32-43)47-33-45(30-31-46(47)40-15-8-5-9-16-40)50-52-48(41-17-10-12-35(2)54-36(3)22-25-41)51-49(53-50)42-28-26-38(27-29-42)37-13-6-4-7-14-37/h4-33H,2-3H2,1H3. The third-order valence-corrected chi connectivity index (χ3v) is 9.33. The molecule has 4 heteroatoms. The van der Waals surface area contributed by atoms with Crippen molar-refractivity contribution in [1.82, 2.24) is 15.0 Å². The monoisotopic (exact) mass is 695 g/mol. The molecule has 0 saturated heterocycles. The molecule has 0 N–H and O–H groups in total. The average Bonchev–Trinajstić information content (AvgIpc) is 3.31. The summed E-state index contributed by atoms with van der Waals surface area (Å²) in [5.74, 6) is 1.66. The summed E-state index contributed by atoms with van der Waals surface area (Å²) in [4.78, 5) is 15.3. The van der Waals surface area contributed by atoms with Crippen molar-refractivity contribution in [3.05, 3.63) is 198 Å². The fourth-order valence-electron chi connectivity index (χ4n) is 6.49. The Kier molecular flexibility index (Phi) is 9.56. The molecule has 0 aliphatic carbocycles. The molecule has 0 atom stereocenters. The van der Waals surface area contributed by atoms with E-state index in [9.17, 15) is 0 Å². The summed E-state index contributed by atoms with van der Waals surface area (Å²) in [7, 11) is 0. The molecule has 0 bridgehead atoms. The third kappa shape index (κ3) is 7.55. The van der Waals surface area contributed by atoms with Crippen LogP contribution >= 0.6 is 0 Å². The van der Waals surface area contributed by atoms with Gasteiger partial charge in [0.1, 0.15) is 10.8 Å². The molecule has 2 heterocycles. The molecule has 2 aromatic heterocycles. The normalized spacial score (nSPS) is 10.8. The highest BCUT2D eigenvalue weighted by atomic mass is 16.3. The maximum atomic E-state index is 5.68. The van der Waals surface area contributed by atoms with Crippen LogP contribution in [0.2, 0.25) is 0 Å². The maximum Gasteiger partial charge on any atom is 0.164 e. The second-order valence-electron chi connectivity index (χ2n) is 13.2. The van der Waals surface area contributed by atoms with Crippen LogP contribution < -0.4 is 10.8 Å². The van der Waals surface area contributed by atoms with Gasteiger partial charge in [0, 0.05) is 16.7 Å². The van der Waals surface area contributed by atoms with Crippen LogP contribution in [0.4, 0.5) is 0 Å². The van der Waals surface area contributed by atoms with Gasteiger partial charge < -0.3 is 4.42 Å². The van der Waals surface area contributed by atoms with E-state index in [4.69, 9.17) is 19.4 Å². The fourth-order valence-corrected chi connectivity index (χ4v) is 6.49. The molecule has 8 aromatic rings. The lowest BCUT2D eigenvalue weighted by atomic mass is 9.91. The van der Waals surface area contributed by atoms with Crippen LogP contribution in [0.1, 0.15) is 5.56 Å². The summed E-state index contributed by atoms with van der Waals surface area (Å²) in [6.45, 7) is 10.1. The minimum absolute atomic E-state index is 0.470. The van der Waals surface area contributed by atoms with E-state index in [0.717, 1.165) is 55.6 Å². The van der Waals surface area contributed by atoms with Crippen molar-refractivity contribution in [3.63, 3.8) is 0 Å². The van der Waals surface area contributed by atoms with Crippen LogP contribution in [0.5, 0.6) is 0 Å². The topological polar surface area (TPSA) is 51.8 Å². The number of rotatable bonds is 7. The molecule has 0 unspecified atom stereocenters. The summed E-state index contributed by atoms with van der Waals surface area (Å²) in [5.41, 5.74) is 13.8. The summed E-state index contributed by atoms with van der Waals surface area (Å²) in [6, 6.07) is 62.4. The first-order chi connectivity index (χ1) is 26.5. The Bertz CT molecular complexity index is 2740. The summed E-state index contributed by atoms with van der Waals surface area (Å²) >= 11 is 0. The fraction of sp³-hybridized carbons (Fsp3) is 0.0200. The molecular weight excluding hydrogens is 659 g/mol. The number of aromatic nitrogens is 3. The lowest BCUT2D eigenvalue weighted by Gasteiger charge is -2.15. The summed E-state index contributed by atoms with van der Waals surface area (Å²) in [5, 5.41) is 0. The van der Waals surface area contributed by atoms with Gasteiger partial charge in [-0.2, -0.15) is 0 Å². The number of hydrogen-bond acceptors (Lipinski definition) is 4. The summed E-state index contributed by atoms with van der Waals surface area (Å²) < 4.78 is 5.68. The molecular formula is C50H37N3O. The van der Waals surface area contributed by atoms with E-state index in [0.29, 0.717) is 28.3 Å². The second-order valence-corrected chi connectivity index (χ2v) is 13.2. The Morgan fingerprint density at radius 3 is 1.48 bits per heavy atom. The Morgan fingerprint density at radius 2 is 0.778 bits per heavy atom. The molecule has 0 saturated carbocycles. The van der Waals surface area contributed by atoms with Gasteiger partial charge in [0.2, 0.25) is 0 Å². The van der Waals surface area contributed by atoms with Crippen molar-refractivity contribution < 1.29 is 4.42 Å². The Labute approximate surface area is 315 Å². The lowest BCUT2D eigenvalue weighted by molar-refractivity contribution is 0.490. The van der Waals surface area contributed by atoms with Crippen molar-refractivity contribution in [2.75, 3.05) is 0 Å². The van der Waals surface area contributed by atoms with Crippen LogP contribution in [-0.2, 0) is 0 Å². The first-order valence-electron chi connectivity index (χ1n) is 17.9. The lowest BCUT2D eigenvalue weighted by Crippen LogP contribution is -2.02. The van der Waals surface area contributed by atoms with Gasteiger partial charge in [0.15, 0.2) is 17.5 Å². The second kappa shape index (κ2) is 15.2. The van der Waals surface area contributed by atoms with Crippen molar-refractivity contribution >= 4 is 13.2 Å². The molecule has 0 fully saturated rings. The van der Waals surface area contributed by atoms with E-state index in [2.05, 4.69) is 147 Å². The van der Waals surface area contributed by atoms with E-state index in [-0.39, 0.29) is 0 Å². The van der Waals surface area contributed by atoms with E-state index in [1.165, 1.54) is 11.1 Å². The van der Waals surface area contributed by atoms with E-state index >= 15 is 0 Å². The van der Waals surface area contributed by atoms with E-state index in [1.54, 1.807) is 12.1 Å². The highest BCUT2D eigenvalue weighted by Gasteiger charge is 2.16. The first-order valence-corrected chi connectivity index (χ1v) is 17.9. The first kappa shape index (κ1) is 33.9. The van der Waals surface area contributed by atoms with Crippen LogP contribution in [0.3, 0.4) is 0 Å². The molecule has 4 nitrogen and oxygen atoms in total. The SMILES string of the molecule is C=c1cccc(-c2nc(-c3ccc(-c4ccccc4)cc3)nc(-c3ccc(-c4ccccc4)c(-c4cccc(-c5ccc(C)cc5)c4)c3)n2)ccc(=C)o1. The van der Waals surface area contributed by atoms with Gasteiger partial charge in [0.05, 0.1) is 0 Å². The van der Waals surface area contributed by atoms with Crippen LogP contribution in [-0.4, -0.2) is 15.0 Å². The smallest absolute Gasteiger partial charge is 0.164 e. The largest absolute Gasteiger partial charge is 0.459 e. The number of aryl methyl sites for hydroxylation is 1. The number of hydrogen-bond donors (Lipinski definition) is 0. The van der Waals surface area contributed by atoms with Gasteiger partial charge in [-0.3, -0.25) is 0 Å². The molecule has 0 radical (unpaired) electrons. The molecule has 0 spiro atoms. The van der Waals surface area contributed by atoms with Crippen molar-refractivity contribution in [2.45, 2.75) is 6.92 Å². The molecule has 0 aliphatic heterocycles. The van der Waals surface area contributed by atoms with Crippen molar-refractivity contribution in [1.29, 1.82) is 0 Å². The summed E-state index contributed by atoms with van der Waals surface area (Å²) in [6.07, 6.45) is 0. The highest BCUT2D eigenvalue weighted by Crippen LogP contribution is 2.37. The zero-order chi connectivity index (χ0) is 36.9. The Hall–Kier alpha value is -7.17. The average molecular weight is 696 g/mol. The third-order valence-electron chi connectivity index (χ3n) is 9.33. The molecule has 6 aromatic carbocycles. The van der Waals surface area contributed by atoms with Crippen molar-refractivity contribution in [3.8, 4) is 78.7 Å². The van der Waals surface area contributed by atoms with E-state index in [1.807, 2.05) is 42.5 Å². The zero-order valence-corrected chi connectivity index (χ0v) is 30.0. The van der Waals surface area contributed by atoms with Crippen molar-refractivity contribution in [2.24, 2.45) is 0 Å². The van der Waals surface area contributed by atoms with Crippen LogP contribution in [0.25, 0.3) is 91.8 Å². The predicted molar refractivity (Wildman–Crippen MR) is 223 cm³/mol. The van der Waals surface area contributed by atoms with Gasteiger partial charge in [-0.15, -0.1) is 0 Å². The minimum atomic E-state index is 0.470. The van der Waals surface area contributed by atoms with Crippen LogP contribution in [0, 0.1) is 6.92 Å². The van der Waals surface area contributed by atoms with Crippen LogP contribution in [0.15, 0.2) is 186 Å². The quantitative estimate of drug-likeness (QED) is 0.167. The number of nitrogens with zero attached hydrogens (tertiary/aromatic N) is 3. The number of benzene rings is 6. The molecule has 0 amide bonds. The van der Waals surface area contributed by atoms with E-state index < -0.39 is 0 Å². The maximum absolute atomic E-state index is 5.68. The van der Waals surface area contributed by atoms with Gasteiger partial charge >= 0.3 is 0 Å². The zero-order valence-electron chi connectivity index (χ0n) is 30.0. The molecule has 258 valence electrons. The molecule has 0 aliphatic rings. The van der Waals surface area contributed by atoms with Gasteiger partial charge in [0.25, 0.3) is 0 Å². The predicted octanol–water partition coefficient (Wildman–Crippen LogP) is 11.4. The van der Waals surface area contributed by atoms with Gasteiger partial charge in [-0.1, -0.05) is 170 Å². The highest BCUT2D eigenvalue weighted by molar-refractivity contribution is 5.88. The minimum Gasteiger partial charge on any atom is -0.459 e. The molecule has 54 heavy (non-hydrogen) atoms. The van der Waals surface area contributed by atoms with Gasteiger partial charge in [-0.05, 0) is 81.8 Å². The molecule has 8 rings (SSSR count). The Morgan fingerprint density at radius 1 is 0.333 bits per heavy atom. The van der Waals surface area contributed by atoms with Gasteiger partial charge in [-0.25, -0.2) is 15.0 Å². The Balaban J connectivity index is 1.31.